The fourth-order valence-electron chi connectivity index (χ4n) is 3.66. The first-order chi connectivity index (χ1) is 13.3. The number of rotatable bonds is 5. The van der Waals surface area contributed by atoms with Crippen molar-refractivity contribution in [1.82, 2.24) is 5.01 Å². The normalized spacial score (nSPS) is 23.5. The van der Waals surface area contributed by atoms with Gasteiger partial charge in [0.05, 0.1) is 7.11 Å². The van der Waals surface area contributed by atoms with Gasteiger partial charge >= 0.3 is 6.18 Å². The summed E-state index contributed by atoms with van der Waals surface area (Å²) < 4.78 is 51.2. The van der Waals surface area contributed by atoms with Gasteiger partial charge in [0.2, 0.25) is 0 Å². The molecule has 1 fully saturated rings. The molecule has 6 nitrogen and oxygen atoms in total. The monoisotopic (exact) mass is 400 g/mol. The molecule has 1 aliphatic carbocycles. The number of hydrogen-bond acceptors (Lipinski definition) is 5. The van der Waals surface area contributed by atoms with Crippen LogP contribution in [0.1, 0.15) is 38.5 Å². The van der Waals surface area contributed by atoms with E-state index in [1.165, 1.54) is 13.2 Å². The number of hydrazone groups is 1. The van der Waals surface area contributed by atoms with Crippen molar-refractivity contribution in [1.29, 1.82) is 0 Å². The zero-order valence-corrected chi connectivity index (χ0v) is 15.5. The zero-order chi connectivity index (χ0) is 20.4. The molecule has 9 heteroatoms. The Bertz CT molecular complexity index is 747. The van der Waals surface area contributed by atoms with E-state index in [0.29, 0.717) is 18.6 Å². The van der Waals surface area contributed by atoms with Crippen molar-refractivity contribution in [2.45, 2.75) is 50.4 Å². The van der Waals surface area contributed by atoms with Crippen LogP contribution in [0.3, 0.4) is 0 Å². The van der Waals surface area contributed by atoms with Gasteiger partial charge in [-0.05, 0) is 30.9 Å². The Kier molecular flexibility index (Phi) is 5.83. The number of ether oxygens (including phenoxy) is 2. The highest BCUT2D eigenvalue weighted by Crippen LogP contribution is 2.43. The fraction of sp³-hybridized carbons (Fsp3) is 0.579. The molecule has 1 aromatic rings. The minimum Gasteiger partial charge on any atom is -0.493 e. The van der Waals surface area contributed by atoms with E-state index in [-0.39, 0.29) is 22.4 Å². The van der Waals surface area contributed by atoms with Crippen LogP contribution in [-0.4, -0.2) is 47.4 Å². The number of carbonyl (C=O) groups is 1. The average molecular weight is 400 g/mol. The molecule has 1 atom stereocenters. The minimum atomic E-state index is -5.03. The Labute approximate surface area is 160 Å². The minimum absolute atomic E-state index is 0.143. The van der Waals surface area contributed by atoms with Crippen molar-refractivity contribution in [3.8, 4) is 11.5 Å². The van der Waals surface area contributed by atoms with Gasteiger partial charge in [0, 0.05) is 12.1 Å². The Morgan fingerprint density at radius 2 is 1.89 bits per heavy atom. The average Bonchev–Trinajstić information content (AvgIpc) is 3.06. The van der Waals surface area contributed by atoms with Crippen LogP contribution in [0.25, 0.3) is 0 Å². The Morgan fingerprint density at radius 3 is 2.50 bits per heavy atom. The molecule has 0 saturated heterocycles. The van der Waals surface area contributed by atoms with Crippen LogP contribution in [-0.2, 0) is 4.79 Å². The molecule has 0 aromatic heterocycles. The first-order valence-corrected chi connectivity index (χ1v) is 9.21. The molecular weight excluding hydrogens is 377 g/mol. The van der Waals surface area contributed by atoms with E-state index in [4.69, 9.17) is 9.47 Å². The van der Waals surface area contributed by atoms with Crippen molar-refractivity contribution in [3.63, 3.8) is 0 Å². The highest BCUT2D eigenvalue weighted by molar-refractivity contribution is 5.92. The first kappa shape index (κ1) is 20.4. The van der Waals surface area contributed by atoms with Crippen molar-refractivity contribution in [3.05, 3.63) is 24.3 Å². The van der Waals surface area contributed by atoms with Gasteiger partial charge in [0.1, 0.15) is 0 Å². The lowest BCUT2D eigenvalue weighted by molar-refractivity contribution is -0.302. The van der Waals surface area contributed by atoms with Crippen LogP contribution >= 0.6 is 0 Å². The summed E-state index contributed by atoms with van der Waals surface area (Å²) in [5.74, 6) is -0.661. The van der Waals surface area contributed by atoms with Crippen LogP contribution in [0.15, 0.2) is 29.4 Å². The summed E-state index contributed by atoms with van der Waals surface area (Å²) in [7, 11) is 1.41. The van der Waals surface area contributed by atoms with E-state index in [1.54, 1.807) is 18.2 Å². The number of nitrogens with zero attached hydrogens (tertiary/aromatic N) is 2. The van der Waals surface area contributed by atoms with E-state index in [0.717, 1.165) is 19.3 Å². The lowest BCUT2D eigenvalue weighted by Crippen LogP contribution is -2.57. The van der Waals surface area contributed by atoms with Crippen molar-refractivity contribution in [2.24, 2.45) is 11.0 Å². The van der Waals surface area contributed by atoms with E-state index >= 15 is 0 Å². The molecule has 0 radical (unpaired) electrons. The summed E-state index contributed by atoms with van der Waals surface area (Å²) in [5, 5.41) is 14.4. The van der Waals surface area contributed by atoms with Crippen LogP contribution in [0, 0.1) is 5.92 Å². The molecule has 1 heterocycles. The molecule has 154 valence electrons. The molecule has 1 aromatic carbocycles. The van der Waals surface area contributed by atoms with Crippen molar-refractivity contribution >= 4 is 11.6 Å². The lowest BCUT2D eigenvalue weighted by atomic mass is 9.83. The predicted molar refractivity (Wildman–Crippen MR) is 95.0 cm³/mol. The summed E-state index contributed by atoms with van der Waals surface area (Å²) in [6.45, 7) is -0.708. The molecular formula is C19H23F3N2O4. The maximum absolute atomic E-state index is 13.6. The summed E-state index contributed by atoms with van der Waals surface area (Å²) in [4.78, 5) is 12.5. The summed E-state index contributed by atoms with van der Waals surface area (Å²) in [6.07, 6.45) is -1.49. The smallest absolute Gasteiger partial charge is 0.438 e. The predicted octanol–water partition coefficient (Wildman–Crippen LogP) is 3.49. The van der Waals surface area contributed by atoms with E-state index in [1.807, 2.05) is 0 Å². The molecule has 1 saturated carbocycles. The Balaban J connectivity index is 1.78. The lowest BCUT2D eigenvalue weighted by Gasteiger charge is -2.32. The molecule has 0 bridgehead atoms. The summed E-state index contributed by atoms with van der Waals surface area (Å²) in [5.41, 5.74) is -3.12. The van der Waals surface area contributed by atoms with Gasteiger partial charge in [-0.15, -0.1) is 0 Å². The second-order valence-corrected chi connectivity index (χ2v) is 7.06. The van der Waals surface area contributed by atoms with Crippen LogP contribution < -0.4 is 9.47 Å². The van der Waals surface area contributed by atoms with Gasteiger partial charge in [-0.3, -0.25) is 4.79 Å². The van der Waals surface area contributed by atoms with Gasteiger partial charge in [-0.1, -0.05) is 31.4 Å². The number of benzene rings is 1. The first-order valence-electron chi connectivity index (χ1n) is 9.21. The number of amides is 1. The Hall–Kier alpha value is -2.29. The van der Waals surface area contributed by atoms with Crippen LogP contribution in [0.5, 0.6) is 11.5 Å². The third-order valence-corrected chi connectivity index (χ3v) is 5.19. The van der Waals surface area contributed by atoms with Gasteiger partial charge in [-0.2, -0.15) is 23.3 Å². The molecule has 0 spiro atoms. The maximum atomic E-state index is 13.6. The Morgan fingerprint density at radius 1 is 1.25 bits per heavy atom. The second-order valence-electron chi connectivity index (χ2n) is 7.06. The molecule has 28 heavy (non-hydrogen) atoms. The number of alkyl halides is 3. The van der Waals surface area contributed by atoms with E-state index in [9.17, 15) is 23.1 Å². The SMILES string of the molecule is COc1ccccc1OCC(=O)N1N=C(C2CCCCC2)C[C@@]1(O)C(F)(F)F. The van der Waals surface area contributed by atoms with E-state index < -0.39 is 30.8 Å². The maximum Gasteiger partial charge on any atom is 0.438 e. The third-order valence-electron chi connectivity index (χ3n) is 5.19. The number of halogens is 3. The topological polar surface area (TPSA) is 71.4 Å². The zero-order valence-electron chi connectivity index (χ0n) is 15.5. The quantitative estimate of drug-likeness (QED) is 0.821. The van der Waals surface area contributed by atoms with E-state index in [2.05, 4.69) is 5.10 Å². The van der Waals surface area contributed by atoms with Gasteiger partial charge in [0.15, 0.2) is 18.1 Å². The molecule has 1 amide bonds. The number of methoxy groups -OCH3 is 1. The second kappa shape index (κ2) is 7.98. The number of para-hydroxylation sites is 2. The fourth-order valence-corrected chi connectivity index (χ4v) is 3.66. The summed E-state index contributed by atoms with van der Waals surface area (Å²) >= 11 is 0. The van der Waals surface area contributed by atoms with Crippen LogP contribution in [0.2, 0.25) is 0 Å². The largest absolute Gasteiger partial charge is 0.493 e. The van der Waals surface area contributed by atoms with Crippen molar-refractivity contribution < 1.29 is 32.5 Å². The van der Waals surface area contributed by atoms with Gasteiger partial charge in [0.25, 0.3) is 11.6 Å². The molecule has 0 unspecified atom stereocenters. The highest BCUT2D eigenvalue weighted by atomic mass is 19.4. The highest BCUT2D eigenvalue weighted by Gasteiger charge is 2.63. The molecule has 3 rings (SSSR count). The van der Waals surface area contributed by atoms with Crippen LogP contribution in [0.4, 0.5) is 13.2 Å². The van der Waals surface area contributed by atoms with Gasteiger partial charge in [-0.25, -0.2) is 0 Å². The number of hydrogen-bond donors (Lipinski definition) is 1. The third kappa shape index (κ3) is 3.94. The van der Waals surface area contributed by atoms with Gasteiger partial charge < -0.3 is 14.6 Å². The van der Waals surface area contributed by atoms with Crippen molar-refractivity contribution in [2.75, 3.05) is 13.7 Å². The molecule has 1 aliphatic heterocycles. The number of aliphatic hydroxyl groups is 1. The molecule has 2 aliphatic rings. The molecule has 1 N–H and O–H groups in total. The number of carbonyl (C=O) groups excluding carboxylic acids is 1. The standard InChI is InChI=1S/C19H23F3N2O4/c1-27-15-9-5-6-10-16(15)28-12-17(25)24-18(26,19(20,21)22)11-14(23-24)13-7-3-2-4-8-13/h5-6,9-10,13,26H,2-4,7-8,11-12H2,1H3/t18-/m1/s1. The summed E-state index contributed by atoms with van der Waals surface area (Å²) in [6, 6.07) is 6.46.